The maximum Gasteiger partial charge on any atom is 0.224 e. The van der Waals surface area contributed by atoms with Crippen molar-refractivity contribution in [3.8, 4) is 0 Å². The molecule has 20 heavy (non-hydrogen) atoms. The van der Waals surface area contributed by atoms with E-state index in [0.717, 1.165) is 16.1 Å². The molecule has 0 saturated heterocycles. The molecule has 0 aliphatic carbocycles. The Kier molecular flexibility index (Phi) is 4.84. The quantitative estimate of drug-likeness (QED) is 0.906. The normalized spacial score (nSPS) is 10.3. The van der Waals surface area contributed by atoms with Crippen molar-refractivity contribution in [3.63, 3.8) is 0 Å². The van der Waals surface area contributed by atoms with Crippen LogP contribution < -0.4 is 5.32 Å². The summed E-state index contributed by atoms with van der Waals surface area (Å²) >= 11 is 3.37. The van der Waals surface area contributed by atoms with Crippen molar-refractivity contribution < 1.29 is 13.6 Å². The van der Waals surface area contributed by atoms with Crippen molar-refractivity contribution in [2.45, 2.75) is 13.0 Å². The lowest BCUT2D eigenvalue weighted by atomic mass is 10.1. The van der Waals surface area contributed by atoms with Gasteiger partial charge in [0.1, 0.15) is 0 Å². The van der Waals surface area contributed by atoms with Gasteiger partial charge in [0.25, 0.3) is 0 Å². The minimum absolute atomic E-state index is 0.0506. The molecule has 0 aliphatic heterocycles. The standard InChI is InChI=1S/C15H12BrF2NO/c16-12-6-2-1-4-11(12)9-19-14(20)8-10-5-3-7-13(17)15(10)18/h1-7H,8-9H2,(H,19,20). The van der Waals surface area contributed by atoms with E-state index in [1.165, 1.54) is 12.1 Å². The van der Waals surface area contributed by atoms with Gasteiger partial charge in [-0.25, -0.2) is 8.78 Å². The zero-order valence-electron chi connectivity index (χ0n) is 10.5. The molecule has 0 unspecified atom stereocenters. The van der Waals surface area contributed by atoms with Crippen LogP contribution in [0.25, 0.3) is 0 Å². The van der Waals surface area contributed by atoms with Gasteiger partial charge in [-0.1, -0.05) is 46.3 Å². The third kappa shape index (κ3) is 3.63. The number of benzene rings is 2. The van der Waals surface area contributed by atoms with Crippen LogP contribution in [0, 0.1) is 11.6 Å². The fourth-order valence-corrected chi connectivity index (χ4v) is 2.18. The number of hydrogen-bond donors (Lipinski definition) is 1. The smallest absolute Gasteiger partial charge is 0.224 e. The van der Waals surface area contributed by atoms with Gasteiger partial charge in [0, 0.05) is 16.6 Å². The first kappa shape index (κ1) is 14.7. The second kappa shape index (κ2) is 6.61. The van der Waals surface area contributed by atoms with Crippen molar-refractivity contribution in [1.29, 1.82) is 0 Å². The first-order valence-electron chi connectivity index (χ1n) is 6.01. The van der Waals surface area contributed by atoms with E-state index in [1.54, 1.807) is 0 Å². The molecule has 0 fully saturated rings. The van der Waals surface area contributed by atoms with Gasteiger partial charge in [-0.05, 0) is 17.7 Å². The van der Waals surface area contributed by atoms with Crippen molar-refractivity contribution in [3.05, 3.63) is 69.7 Å². The van der Waals surface area contributed by atoms with Crippen LogP contribution >= 0.6 is 15.9 Å². The van der Waals surface area contributed by atoms with Gasteiger partial charge >= 0.3 is 0 Å². The molecule has 2 aromatic rings. The fourth-order valence-electron chi connectivity index (χ4n) is 1.76. The molecule has 5 heteroatoms. The molecule has 2 rings (SSSR count). The number of nitrogens with one attached hydrogen (secondary N) is 1. The van der Waals surface area contributed by atoms with Crippen LogP contribution in [0.2, 0.25) is 0 Å². The number of amides is 1. The Morgan fingerprint density at radius 1 is 1.05 bits per heavy atom. The highest BCUT2D eigenvalue weighted by atomic mass is 79.9. The molecule has 0 saturated carbocycles. The molecular formula is C15H12BrF2NO. The van der Waals surface area contributed by atoms with E-state index in [9.17, 15) is 13.6 Å². The third-order valence-electron chi connectivity index (χ3n) is 2.82. The Labute approximate surface area is 123 Å². The summed E-state index contributed by atoms with van der Waals surface area (Å²) in [7, 11) is 0. The first-order chi connectivity index (χ1) is 9.58. The van der Waals surface area contributed by atoms with Gasteiger partial charge in [-0.3, -0.25) is 4.79 Å². The third-order valence-corrected chi connectivity index (χ3v) is 3.59. The van der Waals surface area contributed by atoms with E-state index in [2.05, 4.69) is 21.2 Å². The summed E-state index contributed by atoms with van der Waals surface area (Å²) in [4.78, 5) is 11.7. The van der Waals surface area contributed by atoms with Crippen LogP contribution in [0.5, 0.6) is 0 Å². The number of rotatable bonds is 4. The molecule has 0 aromatic heterocycles. The average molecular weight is 340 g/mol. The molecule has 1 N–H and O–H groups in total. The summed E-state index contributed by atoms with van der Waals surface area (Å²) in [5.74, 6) is -2.27. The Bertz CT molecular complexity index is 631. The zero-order chi connectivity index (χ0) is 14.5. The van der Waals surface area contributed by atoms with Crippen molar-refractivity contribution in [2.75, 3.05) is 0 Å². The Balaban J connectivity index is 1.96. The molecule has 2 nitrogen and oxygen atoms in total. The fraction of sp³-hybridized carbons (Fsp3) is 0.133. The maximum atomic E-state index is 13.4. The largest absolute Gasteiger partial charge is 0.352 e. The topological polar surface area (TPSA) is 29.1 Å². The number of carbonyl (C=O) groups excluding carboxylic acids is 1. The molecule has 0 spiro atoms. The Morgan fingerprint density at radius 3 is 2.50 bits per heavy atom. The monoisotopic (exact) mass is 339 g/mol. The van der Waals surface area contributed by atoms with Crippen molar-refractivity contribution >= 4 is 21.8 Å². The first-order valence-corrected chi connectivity index (χ1v) is 6.80. The van der Waals surface area contributed by atoms with Crippen LogP contribution in [0.3, 0.4) is 0 Å². The van der Waals surface area contributed by atoms with Crippen LogP contribution in [0.15, 0.2) is 46.9 Å². The average Bonchev–Trinajstić information content (AvgIpc) is 2.43. The SMILES string of the molecule is O=C(Cc1cccc(F)c1F)NCc1ccccc1Br. The molecule has 0 bridgehead atoms. The van der Waals surface area contributed by atoms with E-state index in [4.69, 9.17) is 0 Å². The van der Waals surface area contributed by atoms with Gasteiger partial charge < -0.3 is 5.32 Å². The highest BCUT2D eigenvalue weighted by molar-refractivity contribution is 9.10. The predicted molar refractivity (Wildman–Crippen MR) is 76.1 cm³/mol. The molecule has 0 heterocycles. The molecule has 2 aromatic carbocycles. The molecule has 104 valence electrons. The van der Waals surface area contributed by atoms with Crippen molar-refractivity contribution in [2.24, 2.45) is 0 Å². The molecule has 0 atom stereocenters. The summed E-state index contributed by atoms with van der Waals surface area (Å²) < 4.78 is 27.3. The summed E-state index contributed by atoms with van der Waals surface area (Å²) in [6.07, 6.45) is -0.186. The summed E-state index contributed by atoms with van der Waals surface area (Å²) in [6.45, 7) is 0.331. The lowest BCUT2D eigenvalue weighted by Gasteiger charge is -2.08. The predicted octanol–water partition coefficient (Wildman–Crippen LogP) is 3.59. The van der Waals surface area contributed by atoms with E-state index in [-0.39, 0.29) is 17.9 Å². The number of halogens is 3. The van der Waals surface area contributed by atoms with E-state index >= 15 is 0 Å². The number of carbonyl (C=O) groups is 1. The van der Waals surface area contributed by atoms with E-state index in [0.29, 0.717) is 6.54 Å². The van der Waals surface area contributed by atoms with Gasteiger partial charge in [-0.15, -0.1) is 0 Å². The summed E-state index contributed by atoms with van der Waals surface area (Å²) in [5, 5.41) is 2.68. The second-order valence-corrected chi connectivity index (χ2v) is 5.11. The van der Waals surface area contributed by atoms with Crippen LogP contribution in [0.1, 0.15) is 11.1 Å². The lowest BCUT2D eigenvalue weighted by molar-refractivity contribution is -0.120. The lowest BCUT2D eigenvalue weighted by Crippen LogP contribution is -2.25. The Morgan fingerprint density at radius 2 is 1.75 bits per heavy atom. The van der Waals surface area contributed by atoms with Gasteiger partial charge in [0.2, 0.25) is 5.91 Å². The van der Waals surface area contributed by atoms with Crippen molar-refractivity contribution in [1.82, 2.24) is 5.32 Å². The molecule has 1 amide bonds. The summed E-state index contributed by atoms with van der Waals surface area (Å²) in [5.41, 5.74) is 0.968. The molecular weight excluding hydrogens is 328 g/mol. The van der Waals surface area contributed by atoms with Crippen LogP contribution in [-0.4, -0.2) is 5.91 Å². The van der Waals surface area contributed by atoms with Crippen LogP contribution in [-0.2, 0) is 17.8 Å². The summed E-state index contributed by atoms with van der Waals surface area (Å²) in [6, 6.07) is 11.3. The van der Waals surface area contributed by atoms with Crippen LogP contribution in [0.4, 0.5) is 8.78 Å². The molecule has 0 aliphatic rings. The van der Waals surface area contributed by atoms with E-state index < -0.39 is 11.6 Å². The van der Waals surface area contributed by atoms with Gasteiger partial charge in [0.15, 0.2) is 11.6 Å². The zero-order valence-corrected chi connectivity index (χ0v) is 12.1. The van der Waals surface area contributed by atoms with Gasteiger partial charge in [-0.2, -0.15) is 0 Å². The maximum absolute atomic E-state index is 13.4. The highest BCUT2D eigenvalue weighted by Gasteiger charge is 2.11. The van der Waals surface area contributed by atoms with Gasteiger partial charge in [0.05, 0.1) is 6.42 Å². The minimum Gasteiger partial charge on any atom is -0.352 e. The second-order valence-electron chi connectivity index (χ2n) is 4.26. The minimum atomic E-state index is -0.969. The van der Waals surface area contributed by atoms with E-state index in [1.807, 2.05) is 24.3 Å². The highest BCUT2D eigenvalue weighted by Crippen LogP contribution is 2.16. The Hall–Kier alpha value is -1.75. The number of hydrogen-bond acceptors (Lipinski definition) is 1. The molecule has 0 radical (unpaired) electrons.